The number of alkyl halides is 1. The number of hydrogen-bond acceptors (Lipinski definition) is 3. The Kier molecular flexibility index (Phi) is 3.86. The second-order valence-electron chi connectivity index (χ2n) is 9.04. The van der Waals surface area contributed by atoms with Gasteiger partial charge in [-0.25, -0.2) is 0 Å². The Labute approximate surface area is 159 Å². The normalized spacial score (nSPS) is 39.5. The van der Waals surface area contributed by atoms with Gasteiger partial charge in [-0.15, -0.1) is 11.6 Å². The topological polar surface area (TPSA) is 46.5 Å². The SMILES string of the molecule is O=C1C(=NCCC23CC4CC(CC(C4)C2)C3)C(Cl)C(=O)c2ccccc21. The van der Waals surface area contributed by atoms with E-state index in [9.17, 15) is 9.59 Å². The second-order valence-corrected chi connectivity index (χ2v) is 9.47. The Hall–Kier alpha value is -1.48. The number of aliphatic imine (C=N–C) groups is 1. The van der Waals surface area contributed by atoms with E-state index in [0.717, 1.165) is 24.2 Å². The van der Waals surface area contributed by atoms with Crippen molar-refractivity contribution in [2.45, 2.75) is 50.3 Å². The van der Waals surface area contributed by atoms with E-state index in [1.807, 2.05) is 0 Å². The highest BCUT2D eigenvalue weighted by atomic mass is 35.5. The fraction of sp³-hybridized carbons (Fsp3) is 0.591. The van der Waals surface area contributed by atoms with Crippen LogP contribution in [0.2, 0.25) is 0 Å². The van der Waals surface area contributed by atoms with Crippen molar-refractivity contribution in [2.24, 2.45) is 28.2 Å². The minimum atomic E-state index is -0.936. The van der Waals surface area contributed by atoms with Crippen LogP contribution in [0.1, 0.15) is 65.7 Å². The largest absolute Gasteiger partial charge is 0.292 e. The highest BCUT2D eigenvalue weighted by Gasteiger charge is 2.50. The molecule has 3 nitrogen and oxygen atoms in total. The average molecular weight is 370 g/mol. The summed E-state index contributed by atoms with van der Waals surface area (Å²) in [7, 11) is 0. The van der Waals surface area contributed by atoms with E-state index in [-0.39, 0.29) is 17.3 Å². The summed E-state index contributed by atoms with van der Waals surface area (Å²) in [5.74, 6) is 2.37. The van der Waals surface area contributed by atoms with E-state index in [0.29, 0.717) is 23.1 Å². The van der Waals surface area contributed by atoms with Gasteiger partial charge in [0.25, 0.3) is 0 Å². The van der Waals surface area contributed by atoms with Crippen LogP contribution in [0.25, 0.3) is 0 Å². The molecule has 1 atom stereocenters. The zero-order valence-electron chi connectivity index (χ0n) is 14.9. The van der Waals surface area contributed by atoms with E-state index >= 15 is 0 Å². The van der Waals surface area contributed by atoms with Crippen LogP contribution in [0.4, 0.5) is 0 Å². The van der Waals surface area contributed by atoms with Gasteiger partial charge in [0.2, 0.25) is 5.78 Å². The number of ketones is 2. The van der Waals surface area contributed by atoms with Gasteiger partial charge >= 0.3 is 0 Å². The molecule has 1 aromatic carbocycles. The Bertz CT molecular complexity index is 777. The number of rotatable bonds is 3. The van der Waals surface area contributed by atoms with Gasteiger partial charge in [-0.1, -0.05) is 24.3 Å². The summed E-state index contributed by atoms with van der Waals surface area (Å²) in [5.41, 5.74) is 1.56. The van der Waals surface area contributed by atoms with Crippen LogP contribution in [0.3, 0.4) is 0 Å². The molecule has 5 aliphatic carbocycles. The Morgan fingerprint density at radius 1 is 0.962 bits per heavy atom. The molecule has 4 saturated carbocycles. The van der Waals surface area contributed by atoms with Gasteiger partial charge in [-0.3, -0.25) is 14.6 Å². The molecule has 136 valence electrons. The summed E-state index contributed by atoms with van der Waals surface area (Å²) in [6.07, 6.45) is 9.34. The van der Waals surface area contributed by atoms with Crippen LogP contribution in [-0.2, 0) is 0 Å². The Morgan fingerprint density at radius 3 is 2.15 bits per heavy atom. The summed E-state index contributed by atoms with van der Waals surface area (Å²) in [6.45, 7) is 0.617. The van der Waals surface area contributed by atoms with Crippen molar-refractivity contribution in [1.82, 2.24) is 0 Å². The van der Waals surface area contributed by atoms with Crippen molar-refractivity contribution in [3.05, 3.63) is 35.4 Å². The molecule has 6 rings (SSSR count). The first-order valence-electron chi connectivity index (χ1n) is 9.91. The van der Waals surface area contributed by atoms with Crippen LogP contribution in [0, 0.1) is 23.2 Å². The quantitative estimate of drug-likeness (QED) is 0.723. The Balaban J connectivity index is 1.35. The molecule has 4 heteroatoms. The third-order valence-corrected chi connectivity index (χ3v) is 7.63. The van der Waals surface area contributed by atoms with E-state index < -0.39 is 5.38 Å². The lowest BCUT2D eigenvalue weighted by molar-refractivity contribution is -0.0556. The third-order valence-electron chi connectivity index (χ3n) is 7.23. The predicted molar refractivity (Wildman–Crippen MR) is 102 cm³/mol. The molecule has 4 bridgehead atoms. The zero-order valence-corrected chi connectivity index (χ0v) is 15.7. The van der Waals surface area contributed by atoms with Gasteiger partial charge in [-0.2, -0.15) is 0 Å². The maximum absolute atomic E-state index is 12.8. The van der Waals surface area contributed by atoms with Gasteiger partial charge in [-0.05, 0) is 68.1 Å². The summed E-state index contributed by atoms with van der Waals surface area (Å²) in [6, 6.07) is 6.93. The molecule has 0 spiro atoms. The van der Waals surface area contributed by atoms with E-state index in [2.05, 4.69) is 4.99 Å². The molecular formula is C22H24ClNO2. The fourth-order valence-electron chi connectivity index (χ4n) is 6.57. The van der Waals surface area contributed by atoms with Crippen molar-refractivity contribution in [1.29, 1.82) is 0 Å². The average Bonchev–Trinajstić information content (AvgIpc) is 2.61. The smallest absolute Gasteiger partial charge is 0.209 e. The van der Waals surface area contributed by atoms with Crippen molar-refractivity contribution < 1.29 is 9.59 Å². The first-order chi connectivity index (χ1) is 12.5. The highest BCUT2D eigenvalue weighted by Crippen LogP contribution is 2.61. The monoisotopic (exact) mass is 369 g/mol. The molecule has 0 radical (unpaired) electrons. The molecule has 5 aliphatic rings. The van der Waals surface area contributed by atoms with Gasteiger partial charge in [0, 0.05) is 17.7 Å². The summed E-state index contributed by atoms with van der Waals surface area (Å²) in [5, 5.41) is -0.936. The van der Waals surface area contributed by atoms with Crippen LogP contribution in [0.5, 0.6) is 0 Å². The molecule has 0 aromatic heterocycles. The van der Waals surface area contributed by atoms with E-state index in [4.69, 9.17) is 11.6 Å². The molecule has 0 saturated heterocycles. The molecule has 26 heavy (non-hydrogen) atoms. The number of halogens is 1. The van der Waals surface area contributed by atoms with Crippen molar-refractivity contribution in [2.75, 3.05) is 6.54 Å². The molecule has 0 aliphatic heterocycles. The van der Waals surface area contributed by atoms with Crippen LogP contribution in [-0.4, -0.2) is 29.2 Å². The molecule has 0 N–H and O–H groups in total. The van der Waals surface area contributed by atoms with Gasteiger partial charge in [0.05, 0.1) is 0 Å². The lowest BCUT2D eigenvalue weighted by Gasteiger charge is -2.57. The standard InChI is InChI=1S/C22H24ClNO2/c23-18-19(21(26)17-4-2-1-3-16(17)20(18)25)24-6-5-22-10-13-7-14(11-22)9-15(8-13)12-22/h1-4,13-15,18H,5-12H2. The minimum absolute atomic E-state index is 0.175. The lowest BCUT2D eigenvalue weighted by Crippen LogP contribution is -2.46. The van der Waals surface area contributed by atoms with E-state index in [1.54, 1.807) is 24.3 Å². The lowest BCUT2D eigenvalue weighted by atomic mass is 9.49. The predicted octanol–water partition coefficient (Wildman–Crippen LogP) is 4.72. The number of carbonyl (C=O) groups excluding carboxylic acids is 2. The molecule has 0 amide bonds. The summed E-state index contributed by atoms with van der Waals surface area (Å²) < 4.78 is 0. The number of nitrogens with zero attached hydrogens (tertiary/aromatic N) is 1. The van der Waals surface area contributed by atoms with Gasteiger partial charge < -0.3 is 0 Å². The van der Waals surface area contributed by atoms with Crippen LogP contribution in [0.15, 0.2) is 29.3 Å². The number of benzene rings is 1. The summed E-state index contributed by atoms with van der Waals surface area (Å²) in [4.78, 5) is 29.8. The number of Topliss-reactive ketones (excluding diaryl/α,β-unsaturated/α-hetero) is 2. The van der Waals surface area contributed by atoms with Crippen LogP contribution < -0.4 is 0 Å². The molecule has 4 fully saturated rings. The van der Waals surface area contributed by atoms with Crippen molar-refractivity contribution in [3.8, 4) is 0 Å². The zero-order chi connectivity index (χ0) is 17.9. The van der Waals surface area contributed by atoms with Crippen molar-refractivity contribution >= 4 is 28.9 Å². The Morgan fingerprint density at radius 2 is 1.54 bits per heavy atom. The summed E-state index contributed by atoms with van der Waals surface area (Å²) >= 11 is 6.31. The molecule has 1 unspecified atom stereocenters. The highest BCUT2D eigenvalue weighted by molar-refractivity contribution is 6.64. The number of carbonyl (C=O) groups is 2. The van der Waals surface area contributed by atoms with Gasteiger partial charge in [0.15, 0.2) is 5.78 Å². The first kappa shape index (κ1) is 16.7. The number of fused-ring (bicyclic) bond motifs is 1. The van der Waals surface area contributed by atoms with Crippen molar-refractivity contribution in [3.63, 3.8) is 0 Å². The van der Waals surface area contributed by atoms with Crippen LogP contribution >= 0.6 is 11.6 Å². The van der Waals surface area contributed by atoms with Gasteiger partial charge in [0.1, 0.15) is 11.1 Å². The minimum Gasteiger partial charge on any atom is -0.292 e. The number of hydrogen-bond donors (Lipinski definition) is 0. The fourth-order valence-corrected chi connectivity index (χ4v) is 6.86. The third kappa shape index (κ3) is 2.58. The van der Waals surface area contributed by atoms with E-state index in [1.165, 1.54) is 38.5 Å². The molecular weight excluding hydrogens is 346 g/mol. The maximum Gasteiger partial charge on any atom is 0.209 e. The second kappa shape index (κ2) is 6.02. The molecule has 0 heterocycles. The maximum atomic E-state index is 12.8. The molecule has 1 aromatic rings. The first-order valence-corrected chi connectivity index (χ1v) is 10.3.